The number of unbranched alkanes of at least 4 members (excludes halogenated alkanes) is 1. The van der Waals surface area contributed by atoms with E-state index in [2.05, 4.69) is 29.6 Å². The van der Waals surface area contributed by atoms with E-state index in [1.807, 2.05) is 30.3 Å². The molecule has 2 rings (SSSR count). The Bertz CT molecular complexity index is 621. The normalized spacial score (nSPS) is 11.0. The van der Waals surface area contributed by atoms with Gasteiger partial charge >= 0.3 is 0 Å². The van der Waals surface area contributed by atoms with E-state index in [4.69, 9.17) is 11.5 Å². The average molecular weight is 398 g/mol. The number of amides is 1. The molecule has 0 aliphatic rings. The summed E-state index contributed by atoms with van der Waals surface area (Å²) in [5.74, 6) is -0.625. The highest BCUT2D eigenvalue weighted by Crippen LogP contribution is 2.13. The van der Waals surface area contributed by atoms with Crippen molar-refractivity contribution < 1.29 is 4.79 Å². The van der Waals surface area contributed by atoms with Crippen LogP contribution in [0.2, 0.25) is 0 Å². The molecule has 0 saturated heterocycles. The Balaban J connectivity index is 0.00000312. The monoisotopic (exact) mass is 397 g/mol. The first kappa shape index (κ1) is 24.2. The second kappa shape index (κ2) is 13.5. The summed E-state index contributed by atoms with van der Waals surface area (Å²) in [7, 11) is 0. The summed E-state index contributed by atoms with van der Waals surface area (Å²) < 4.78 is 0. The van der Waals surface area contributed by atoms with Gasteiger partial charge in [0.15, 0.2) is 0 Å². The molecule has 0 radical (unpaired) electrons. The topological polar surface area (TPSA) is 81.1 Å². The maximum Gasteiger partial charge on any atom is 0.222 e. The summed E-state index contributed by atoms with van der Waals surface area (Å²) >= 11 is 0. The first-order valence-corrected chi connectivity index (χ1v) is 8.55. The van der Waals surface area contributed by atoms with Crippen LogP contribution in [0.15, 0.2) is 54.6 Å². The largest absolute Gasteiger partial charge is 0.385 e. The number of primary amides is 1. The molecule has 0 aliphatic carbocycles. The number of aryl methyl sites for hydroxylation is 1. The van der Waals surface area contributed by atoms with E-state index in [0.717, 1.165) is 30.6 Å². The quantitative estimate of drug-likeness (QED) is 0.535. The predicted molar refractivity (Wildman–Crippen MR) is 114 cm³/mol. The number of carbonyl (C=O) groups is 1. The molecule has 26 heavy (non-hydrogen) atoms. The van der Waals surface area contributed by atoms with Gasteiger partial charge in [-0.05, 0) is 48.9 Å². The molecule has 4 nitrogen and oxygen atoms in total. The summed E-state index contributed by atoms with van der Waals surface area (Å²) in [6.45, 7) is 1.25. The summed E-state index contributed by atoms with van der Waals surface area (Å²) in [6, 6.07) is 18.7. The average Bonchev–Trinajstić information content (AvgIpc) is 2.61. The van der Waals surface area contributed by atoms with E-state index in [0.29, 0.717) is 6.42 Å². The van der Waals surface area contributed by atoms with Crippen LogP contribution in [0.25, 0.3) is 0 Å². The smallest absolute Gasteiger partial charge is 0.222 e. The Morgan fingerprint density at radius 2 is 1.58 bits per heavy atom. The number of rotatable bonds is 10. The minimum absolute atomic E-state index is 0. The molecule has 0 fully saturated rings. The first-order chi connectivity index (χ1) is 11.7. The van der Waals surface area contributed by atoms with Crippen LogP contribution >= 0.6 is 24.8 Å². The zero-order valence-corrected chi connectivity index (χ0v) is 16.5. The minimum Gasteiger partial charge on any atom is -0.385 e. The van der Waals surface area contributed by atoms with Crippen LogP contribution in [0.1, 0.15) is 24.0 Å². The maximum atomic E-state index is 11.2. The highest BCUT2D eigenvalue weighted by atomic mass is 35.5. The van der Waals surface area contributed by atoms with Crippen molar-refractivity contribution in [2.45, 2.75) is 25.7 Å². The van der Waals surface area contributed by atoms with Crippen LogP contribution in [-0.2, 0) is 17.6 Å². The van der Waals surface area contributed by atoms with Gasteiger partial charge in [0.05, 0.1) is 5.92 Å². The van der Waals surface area contributed by atoms with Gasteiger partial charge < -0.3 is 16.8 Å². The van der Waals surface area contributed by atoms with E-state index in [-0.39, 0.29) is 43.2 Å². The standard InChI is InChI=1S/C20H27N3O.2ClH/c21-15-18(20(22)24)14-17-9-11-19(12-10-17)23-13-5-4-8-16-6-2-1-3-7-16;;/h1-3,6-7,9-12,18,23H,4-5,8,13-15,21H2,(H2,22,24);2*1H. The number of hydrogen-bond acceptors (Lipinski definition) is 3. The Kier molecular flexibility index (Phi) is 12.5. The molecular formula is C20H29Cl2N3O. The van der Waals surface area contributed by atoms with E-state index in [9.17, 15) is 4.79 Å². The van der Waals surface area contributed by atoms with Gasteiger partial charge in [-0.3, -0.25) is 4.79 Å². The van der Waals surface area contributed by atoms with Crippen molar-refractivity contribution in [3.05, 3.63) is 65.7 Å². The zero-order valence-electron chi connectivity index (χ0n) is 14.9. The number of nitrogens with one attached hydrogen (secondary N) is 1. The molecule has 6 heteroatoms. The van der Waals surface area contributed by atoms with Crippen molar-refractivity contribution in [2.24, 2.45) is 17.4 Å². The lowest BCUT2D eigenvalue weighted by Crippen LogP contribution is -2.31. The molecule has 2 aromatic carbocycles. The van der Waals surface area contributed by atoms with E-state index in [1.165, 1.54) is 12.0 Å². The van der Waals surface area contributed by atoms with Crippen molar-refractivity contribution >= 4 is 36.4 Å². The lowest BCUT2D eigenvalue weighted by Gasteiger charge is -2.11. The highest BCUT2D eigenvalue weighted by Gasteiger charge is 2.13. The molecule has 0 saturated carbocycles. The van der Waals surface area contributed by atoms with Crippen LogP contribution < -0.4 is 16.8 Å². The van der Waals surface area contributed by atoms with Crippen LogP contribution in [0.5, 0.6) is 0 Å². The molecule has 5 N–H and O–H groups in total. The van der Waals surface area contributed by atoms with Gasteiger partial charge in [0.2, 0.25) is 5.91 Å². The fraction of sp³-hybridized carbons (Fsp3) is 0.350. The van der Waals surface area contributed by atoms with Crippen molar-refractivity contribution in [1.29, 1.82) is 0 Å². The highest BCUT2D eigenvalue weighted by molar-refractivity contribution is 5.85. The lowest BCUT2D eigenvalue weighted by atomic mass is 9.99. The Morgan fingerprint density at radius 3 is 2.15 bits per heavy atom. The molecule has 2 aromatic rings. The van der Waals surface area contributed by atoms with Crippen molar-refractivity contribution in [2.75, 3.05) is 18.4 Å². The lowest BCUT2D eigenvalue weighted by molar-refractivity contribution is -0.121. The maximum absolute atomic E-state index is 11.2. The minimum atomic E-state index is -0.335. The molecule has 0 heterocycles. The van der Waals surface area contributed by atoms with Crippen LogP contribution in [0, 0.1) is 5.92 Å². The number of anilines is 1. The third-order valence-corrected chi connectivity index (χ3v) is 4.19. The molecule has 1 amide bonds. The second-order valence-corrected chi connectivity index (χ2v) is 6.11. The van der Waals surface area contributed by atoms with Crippen molar-refractivity contribution in [3.8, 4) is 0 Å². The molecule has 0 bridgehead atoms. The van der Waals surface area contributed by atoms with Gasteiger partial charge in [0, 0.05) is 18.8 Å². The Hall–Kier alpha value is -1.75. The summed E-state index contributed by atoms with van der Waals surface area (Å²) in [5, 5.41) is 3.43. The molecule has 1 unspecified atom stereocenters. The fourth-order valence-corrected chi connectivity index (χ4v) is 2.67. The third kappa shape index (κ3) is 8.56. The van der Waals surface area contributed by atoms with Gasteiger partial charge in [-0.2, -0.15) is 0 Å². The SMILES string of the molecule is Cl.Cl.NCC(Cc1ccc(NCCCCc2ccccc2)cc1)C(N)=O. The van der Waals surface area contributed by atoms with Crippen LogP contribution in [0.3, 0.4) is 0 Å². The van der Waals surface area contributed by atoms with Crippen molar-refractivity contribution in [3.63, 3.8) is 0 Å². The molecule has 144 valence electrons. The predicted octanol–water partition coefficient (Wildman–Crippen LogP) is 3.57. The van der Waals surface area contributed by atoms with E-state index < -0.39 is 0 Å². The fourth-order valence-electron chi connectivity index (χ4n) is 2.67. The number of carbonyl (C=O) groups excluding carboxylic acids is 1. The molecular weight excluding hydrogens is 369 g/mol. The van der Waals surface area contributed by atoms with E-state index in [1.54, 1.807) is 0 Å². The third-order valence-electron chi connectivity index (χ3n) is 4.19. The van der Waals surface area contributed by atoms with Crippen molar-refractivity contribution in [1.82, 2.24) is 0 Å². The number of benzene rings is 2. The first-order valence-electron chi connectivity index (χ1n) is 8.55. The number of hydrogen-bond donors (Lipinski definition) is 3. The summed E-state index contributed by atoms with van der Waals surface area (Å²) in [5.41, 5.74) is 14.5. The number of halogens is 2. The van der Waals surface area contributed by atoms with Crippen LogP contribution in [0.4, 0.5) is 5.69 Å². The Morgan fingerprint density at radius 1 is 0.923 bits per heavy atom. The van der Waals surface area contributed by atoms with Gasteiger partial charge in [0.1, 0.15) is 0 Å². The number of nitrogens with two attached hydrogens (primary N) is 2. The summed E-state index contributed by atoms with van der Waals surface area (Å²) in [6.07, 6.45) is 4.03. The molecule has 0 spiro atoms. The Labute approximate surface area is 168 Å². The van der Waals surface area contributed by atoms with Gasteiger partial charge in [-0.15, -0.1) is 24.8 Å². The van der Waals surface area contributed by atoms with Gasteiger partial charge in [0.25, 0.3) is 0 Å². The van der Waals surface area contributed by atoms with Gasteiger partial charge in [-0.1, -0.05) is 42.5 Å². The van der Waals surface area contributed by atoms with Crippen LogP contribution in [-0.4, -0.2) is 19.0 Å². The molecule has 1 atom stereocenters. The molecule has 0 aliphatic heterocycles. The second-order valence-electron chi connectivity index (χ2n) is 6.11. The van der Waals surface area contributed by atoms with E-state index >= 15 is 0 Å². The zero-order chi connectivity index (χ0) is 17.2. The van der Waals surface area contributed by atoms with Gasteiger partial charge in [-0.25, -0.2) is 0 Å². The molecule has 0 aromatic heterocycles. The summed E-state index contributed by atoms with van der Waals surface area (Å²) in [4.78, 5) is 11.2.